The first-order valence-electron chi connectivity index (χ1n) is 5.17. The monoisotopic (exact) mass is 194 g/mol. The smallest absolute Gasteiger partial charge is 0.309 e. The van der Waals surface area contributed by atoms with Crippen LogP contribution in [-0.4, -0.2) is 24.3 Å². The average Bonchev–Trinajstić information content (AvgIpc) is 2.48. The van der Waals surface area contributed by atoms with Crippen LogP contribution < -0.4 is 0 Å². The van der Waals surface area contributed by atoms with E-state index in [4.69, 9.17) is 4.74 Å². The Balaban J connectivity index is 1.90. The van der Waals surface area contributed by atoms with E-state index >= 15 is 0 Å². The van der Waals surface area contributed by atoms with Crippen LogP contribution in [-0.2, 0) is 9.53 Å². The lowest BCUT2D eigenvalue weighted by Gasteiger charge is -2.61. The highest BCUT2D eigenvalue weighted by atomic mass is 16.5. The van der Waals surface area contributed by atoms with Crippen molar-refractivity contribution >= 4 is 5.97 Å². The molecule has 0 unspecified atom stereocenters. The van der Waals surface area contributed by atoms with Crippen molar-refractivity contribution in [1.82, 2.24) is 0 Å². The van der Waals surface area contributed by atoms with Crippen LogP contribution in [0.3, 0.4) is 0 Å². The van der Waals surface area contributed by atoms with Crippen LogP contribution in [0.4, 0.5) is 0 Å². The number of methoxy groups -OCH3 is 1. The summed E-state index contributed by atoms with van der Waals surface area (Å²) in [6.07, 6.45) is 5.70. The minimum absolute atomic E-state index is 0.0159. The third-order valence-electron chi connectivity index (χ3n) is 4.43. The molecule has 0 amide bonds. The van der Waals surface area contributed by atoms with Crippen LogP contribution in [0.5, 0.6) is 0 Å². The van der Waals surface area contributed by atoms with Gasteiger partial charge in [-0.25, -0.2) is 0 Å². The van der Waals surface area contributed by atoms with Crippen molar-refractivity contribution in [3.8, 4) is 0 Å². The number of carbonyl (C=O) groups is 1. The van der Waals surface area contributed by atoms with Crippen molar-refractivity contribution in [2.45, 2.75) is 18.9 Å². The number of aliphatic hydroxyl groups excluding tert-OH is 1. The van der Waals surface area contributed by atoms with Crippen molar-refractivity contribution in [1.29, 1.82) is 0 Å². The van der Waals surface area contributed by atoms with Gasteiger partial charge in [-0.1, -0.05) is 12.2 Å². The highest BCUT2D eigenvalue weighted by molar-refractivity contribution is 5.77. The lowest BCUT2D eigenvalue weighted by molar-refractivity contribution is -0.176. The van der Waals surface area contributed by atoms with Gasteiger partial charge in [-0.05, 0) is 18.8 Å². The van der Waals surface area contributed by atoms with E-state index in [1.807, 2.05) is 6.08 Å². The molecule has 0 aromatic carbocycles. The minimum Gasteiger partial charge on any atom is -0.469 e. The molecule has 76 valence electrons. The van der Waals surface area contributed by atoms with E-state index < -0.39 is 0 Å². The molecule has 0 aromatic rings. The molecule has 2 saturated carbocycles. The van der Waals surface area contributed by atoms with Gasteiger partial charge < -0.3 is 9.84 Å². The predicted molar refractivity (Wildman–Crippen MR) is 49.3 cm³/mol. The van der Waals surface area contributed by atoms with Gasteiger partial charge in [-0.2, -0.15) is 0 Å². The van der Waals surface area contributed by atoms with E-state index in [1.165, 1.54) is 7.11 Å². The Morgan fingerprint density at radius 1 is 1.57 bits per heavy atom. The Bertz CT molecular complexity index is 322. The first kappa shape index (κ1) is 8.48. The molecule has 1 spiro atoms. The second kappa shape index (κ2) is 2.40. The fourth-order valence-corrected chi connectivity index (χ4v) is 3.72. The highest BCUT2D eigenvalue weighted by Gasteiger charge is 2.71. The normalized spacial score (nSPS) is 52.7. The second-order valence-electron chi connectivity index (χ2n) is 4.63. The van der Waals surface area contributed by atoms with Crippen LogP contribution in [0.15, 0.2) is 12.2 Å². The predicted octanol–water partition coefficient (Wildman–Crippen LogP) is 0.732. The Kier molecular flexibility index (Phi) is 1.45. The summed E-state index contributed by atoms with van der Waals surface area (Å²) in [5, 5.41) is 9.87. The Morgan fingerprint density at radius 2 is 2.36 bits per heavy atom. The number of allylic oxidation sites excluding steroid dienone is 1. The van der Waals surface area contributed by atoms with Gasteiger partial charge >= 0.3 is 5.97 Å². The third kappa shape index (κ3) is 0.650. The number of esters is 1. The van der Waals surface area contributed by atoms with Crippen molar-refractivity contribution in [3.05, 3.63) is 12.2 Å². The molecular formula is C11H14O3. The molecule has 0 saturated heterocycles. The lowest BCUT2D eigenvalue weighted by Crippen LogP contribution is -2.63. The van der Waals surface area contributed by atoms with Crippen molar-refractivity contribution in [3.63, 3.8) is 0 Å². The summed E-state index contributed by atoms with van der Waals surface area (Å²) in [4.78, 5) is 11.5. The van der Waals surface area contributed by atoms with Crippen molar-refractivity contribution < 1.29 is 14.6 Å². The molecule has 0 aromatic heterocycles. The number of hydrogen-bond acceptors (Lipinski definition) is 3. The van der Waals surface area contributed by atoms with E-state index in [9.17, 15) is 9.90 Å². The maximum Gasteiger partial charge on any atom is 0.309 e. The Labute approximate surface area is 82.8 Å². The topological polar surface area (TPSA) is 46.5 Å². The van der Waals surface area contributed by atoms with Gasteiger partial charge in [0.15, 0.2) is 0 Å². The van der Waals surface area contributed by atoms with Crippen LogP contribution in [0.25, 0.3) is 0 Å². The summed E-state index contributed by atoms with van der Waals surface area (Å²) in [5.74, 6) is 0.494. The summed E-state index contributed by atoms with van der Waals surface area (Å²) in [5.41, 5.74) is -0.0428. The molecule has 3 heteroatoms. The number of aliphatic hydroxyl groups is 1. The fraction of sp³-hybridized carbons (Fsp3) is 0.727. The SMILES string of the molecule is COC(=O)[C@H]1[C@H]2C=C[C@]23[C@H](O)CC[C@H]13. The van der Waals surface area contributed by atoms with Crippen molar-refractivity contribution in [2.75, 3.05) is 7.11 Å². The zero-order chi connectivity index (χ0) is 9.92. The summed E-state index contributed by atoms with van der Waals surface area (Å²) in [6.45, 7) is 0. The molecule has 3 aliphatic rings. The van der Waals surface area contributed by atoms with E-state index in [2.05, 4.69) is 6.08 Å². The number of ether oxygens (including phenoxy) is 1. The van der Waals surface area contributed by atoms with Crippen molar-refractivity contribution in [2.24, 2.45) is 23.2 Å². The van der Waals surface area contributed by atoms with Gasteiger partial charge in [-0.3, -0.25) is 4.79 Å². The maximum atomic E-state index is 11.5. The van der Waals surface area contributed by atoms with Gasteiger partial charge in [-0.15, -0.1) is 0 Å². The molecule has 3 rings (SSSR count). The number of rotatable bonds is 1. The molecule has 3 aliphatic carbocycles. The number of hydrogen-bond donors (Lipinski definition) is 1. The minimum atomic E-state index is -0.233. The molecule has 0 radical (unpaired) electrons. The van der Waals surface area contributed by atoms with Crippen LogP contribution in [0.1, 0.15) is 12.8 Å². The molecule has 0 aliphatic heterocycles. The number of carbonyl (C=O) groups excluding carboxylic acids is 1. The standard InChI is InChI=1S/C11H14O3/c1-14-10(13)9-6-2-3-8(12)11(6)5-4-7(9)11/h4-9,12H,2-3H2,1H3/t6-,7-,8-,9-,11-/m1/s1. The fourth-order valence-electron chi connectivity index (χ4n) is 3.72. The summed E-state index contributed by atoms with van der Waals surface area (Å²) in [7, 11) is 1.44. The average molecular weight is 194 g/mol. The molecule has 0 bridgehead atoms. The first-order chi connectivity index (χ1) is 6.71. The van der Waals surface area contributed by atoms with E-state index in [0.717, 1.165) is 12.8 Å². The largest absolute Gasteiger partial charge is 0.469 e. The van der Waals surface area contributed by atoms with Gasteiger partial charge in [0.1, 0.15) is 0 Å². The quantitative estimate of drug-likeness (QED) is 0.494. The zero-order valence-electron chi connectivity index (χ0n) is 8.14. The summed E-state index contributed by atoms with van der Waals surface area (Å²) in [6, 6.07) is 0. The molecule has 14 heavy (non-hydrogen) atoms. The van der Waals surface area contributed by atoms with E-state index in [-0.39, 0.29) is 29.3 Å². The summed E-state index contributed by atoms with van der Waals surface area (Å²) >= 11 is 0. The van der Waals surface area contributed by atoms with E-state index in [0.29, 0.717) is 5.92 Å². The Morgan fingerprint density at radius 3 is 2.93 bits per heavy atom. The molecule has 1 N–H and O–H groups in total. The molecular weight excluding hydrogens is 180 g/mol. The highest BCUT2D eigenvalue weighted by Crippen LogP contribution is 2.70. The Hall–Kier alpha value is -0.830. The maximum absolute atomic E-state index is 11.5. The third-order valence-corrected chi connectivity index (χ3v) is 4.43. The van der Waals surface area contributed by atoms with Gasteiger partial charge in [0, 0.05) is 11.3 Å². The van der Waals surface area contributed by atoms with Gasteiger partial charge in [0.25, 0.3) is 0 Å². The lowest BCUT2D eigenvalue weighted by atomic mass is 9.42. The zero-order valence-corrected chi connectivity index (χ0v) is 8.14. The van der Waals surface area contributed by atoms with Gasteiger partial charge in [0.05, 0.1) is 19.1 Å². The summed E-state index contributed by atoms with van der Waals surface area (Å²) < 4.78 is 4.79. The van der Waals surface area contributed by atoms with Crippen LogP contribution in [0.2, 0.25) is 0 Å². The van der Waals surface area contributed by atoms with Crippen LogP contribution in [0, 0.1) is 23.2 Å². The molecule has 2 fully saturated rings. The molecule has 5 atom stereocenters. The van der Waals surface area contributed by atoms with Gasteiger partial charge in [0.2, 0.25) is 0 Å². The molecule has 0 heterocycles. The van der Waals surface area contributed by atoms with E-state index in [1.54, 1.807) is 0 Å². The second-order valence-corrected chi connectivity index (χ2v) is 4.63. The van der Waals surface area contributed by atoms with Crippen LogP contribution >= 0.6 is 0 Å². The first-order valence-corrected chi connectivity index (χ1v) is 5.17. The molecule has 3 nitrogen and oxygen atoms in total.